The summed E-state index contributed by atoms with van der Waals surface area (Å²) in [5, 5.41) is 11.8. The minimum atomic E-state index is -0.698. The lowest BCUT2D eigenvalue weighted by molar-refractivity contribution is -0.137. The maximum absolute atomic E-state index is 10.3. The second-order valence-electron chi connectivity index (χ2n) is 5.03. The highest BCUT2D eigenvalue weighted by molar-refractivity contribution is 5.66. The molecule has 0 heterocycles. The van der Waals surface area contributed by atoms with Gasteiger partial charge in [-0.2, -0.15) is 0 Å². The van der Waals surface area contributed by atoms with Crippen molar-refractivity contribution in [2.45, 2.75) is 59.0 Å². The Balaban J connectivity index is 3.46. The molecule has 4 heteroatoms. The Labute approximate surface area is 105 Å². The summed E-state index contributed by atoms with van der Waals surface area (Å²) in [6.07, 6.45) is 1.99. The summed E-state index contributed by atoms with van der Waals surface area (Å²) in [4.78, 5) is 12.7. The number of unbranched alkanes of at least 4 members (excludes halogenated alkanes) is 1. The molecule has 17 heavy (non-hydrogen) atoms. The molecule has 0 spiro atoms. The van der Waals surface area contributed by atoms with Gasteiger partial charge in [-0.15, -0.1) is 0 Å². The summed E-state index contributed by atoms with van der Waals surface area (Å²) in [7, 11) is 0. The second-order valence-corrected chi connectivity index (χ2v) is 5.03. The largest absolute Gasteiger partial charge is 0.481 e. The molecule has 0 fully saturated rings. The van der Waals surface area contributed by atoms with E-state index in [1.54, 1.807) is 0 Å². The smallest absolute Gasteiger partial charge is 0.303 e. The molecule has 0 aliphatic rings. The summed E-state index contributed by atoms with van der Waals surface area (Å²) in [6.45, 7) is 11.8. The highest BCUT2D eigenvalue weighted by Gasteiger charge is 2.11. The summed E-state index contributed by atoms with van der Waals surface area (Å²) in [5.74, 6) is -0.698. The molecule has 0 aromatic carbocycles. The summed E-state index contributed by atoms with van der Waals surface area (Å²) in [5.41, 5.74) is 0. The normalized spacial score (nSPS) is 11.7. The lowest BCUT2D eigenvalue weighted by Crippen LogP contribution is -2.41. The Bertz CT molecular complexity index is 198. The maximum Gasteiger partial charge on any atom is 0.303 e. The number of aliphatic carboxylic acids is 1. The Morgan fingerprint density at radius 2 is 1.71 bits per heavy atom. The zero-order valence-electron chi connectivity index (χ0n) is 11.7. The number of hydrogen-bond acceptors (Lipinski definition) is 3. The summed E-state index contributed by atoms with van der Waals surface area (Å²) < 4.78 is 0. The Kier molecular flexibility index (Phi) is 9.09. The third-order valence-electron chi connectivity index (χ3n) is 2.87. The van der Waals surface area contributed by atoms with Crippen molar-refractivity contribution in [3.63, 3.8) is 0 Å². The standard InChI is InChI=1S/C13H28N2O2/c1-11(2)15(12(3)4)10-9-14-8-6-5-7-13(16)17/h11-12,14H,5-10H2,1-4H3,(H,16,17). The van der Waals surface area contributed by atoms with Gasteiger partial charge in [0.05, 0.1) is 0 Å². The van der Waals surface area contributed by atoms with Crippen LogP contribution in [0.5, 0.6) is 0 Å². The number of carbonyl (C=O) groups is 1. The van der Waals surface area contributed by atoms with Crippen LogP contribution in [-0.4, -0.2) is 47.7 Å². The van der Waals surface area contributed by atoms with E-state index in [0.717, 1.165) is 32.5 Å². The number of carboxylic acid groups (broad SMARTS) is 1. The van der Waals surface area contributed by atoms with E-state index in [4.69, 9.17) is 5.11 Å². The predicted octanol–water partition coefficient (Wildman–Crippen LogP) is 1.95. The van der Waals surface area contributed by atoms with E-state index in [0.29, 0.717) is 12.1 Å². The number of nitrogens with zero attached hydrogens (tertiary/aromatic N) is 1. The lowest BCUT2D eigenvalue weighted by Gasteiger charge is -2.30. The molecule has 102 valence electrons. The van der Waals surface area contributed by atoms with Gasteiger partial charge in [0, 0.05) is 31.6 Å². The molecule has 0 saturated carbocycles. The fourth-order valence-electron chi connectivity index (χ4n) is 1.97. The van der Waals surface area contributed by atoms with E-state index in [1.165, 1.54) is 0 Å². The van der Waals surface area contributed by atoms with Gasteiger partial charge in [0.2, 0.25) is 0 Å². The Morgan fingerprint density at radius 1 is 1.12 bits per heavy atom. The monoisotopic (exact) mass is 244 g/mol. The van der Waals surface area contributed by atoms with Crippen LogP contribution >= 0.6 is 0 Å². The van der Waals surface area contributed by atoms with Crippen molar-refractivity contribution in [2.75, 3.05) is 19.6 Å². The molecule has 0 aliphatic heterocycles. The molecule has 0 saturated heterocycles. The third-order valence-corrected chi connectivity index (χ3v) is 2.87. The Hall–Kier alpha value is -0.610. The zero-order valence-corrected chi connectivity index (χ0v) is 11.7. The van der Waals surface area contributed by atoms with Gasteiger partial charge in [-0.1, -0.05) is 0 Å². The van der Waals surface area contributed by atoms with E-state index < -0.39 is 5.97 Å². The van der Waals surface area contributed by atoms with Crippen LogP contribution in [-0.2, 0) is 4.79 Å². The first-order chi connectivity index (χ1) is 7.95. The van der Waals surface area contributed by atoms with E-state index in [1.807, 2.05) is 0 Å². The van der Waals surface area contributed by atoms with Crippen molar-refractivity contribution >= 4 is 5.97 Å². The van der Waals surface area contributed by atoms with Gasteiger partial charge in [0.1, 0.15) is 0 Å². The fraction of sp³-hybridized carbons (Fsp3) is 0.923. The molecule has 0 bridgehead atoms. The van der Waals surface area contributed by atoms with Crippen LogP contribution in [0.1, 0.15) is 47.0 Å². The molecule has 4 nitrogen and oxygen atoms in total. The van der Waals surface area contributed by atoms with Crippen molar-refractivity contribution < 1.29 is 9.90 Å². The average molecular weight is 244 g/mol. The van der Waals surface area contributed by atoms with Gasteiger partial charge in [0.15, 0.2) is 0 Å². The van der Waals surface area contributed by atoms with Crippen molar-refractivity contribution in [1.29, 1.82) is 0 Å². The van der Waals surface area contributed by atoms with Crippen LogP contribution in [0.15, 0.2) is 0 Å². The van der Waals surface area contributed by atoms with Crippen LogP contribution < -0.4 is 5.32 Å². The molecule has 0 rings (SSSR count). The predicted molar refractivity (Wildman–Crippen MR) is 71.3 cm³/mol. The fourth-order valence-corrected chi connectivity index (χ4v) is 1.97. The minimum Gasteiger partial charge on any atom is -0.481 e. The Morgan fingerprint density at radius 3 is 2.18 bits per heavy atom. The van der Waals surface area contributed by atoms with Crippen LogP contribution in [0.4, 0.5) is 0 Å². The number of nitrogens with one attached hydrogen (secondary N) is 1. The second kappa shape index (κ2) is 9.42. The molecule has 0 amide bonds. The van der Waals surface area contributed by atoms with Gasteiger partial charge in [-0.3, -0.25) is 9.69 Å². The van der Waals surface area contributed by atoms with Crippen molar-refractivity contribution in [3.8, 4) is 0 Å². The molecular weight excluding hydrogens is 216 g/mol. The van der Waals surface area contributed by atoms with E-state index in [2.05, 4.69) is 37.9 Å². The molecule has 0 aromatic rings. The number of hydrogen-bond donors (Lipinski definition) is 2. The molecule has 0 aromatic heterocycles. The topological polar surface area (TPSA) is 52.6 Å². The van der Waals surface area contributed by atoms with E-state index in [9.17, 15) is 4.79 Å². The van der Waals surface area contributed by atoms with Crippen LogP contribution in [0.2, 0.25) is 0 Å². The van der Waals surface area contributed by atoms with Gasteiger partial charge in [0.25, 0.3) is 0 Å². The number of carboxylic acids is 1. The quantitative estimate of drug-likeness (QED) is 0.577. The first kappa shape index (κ1) is 16.4. The van der Waals surface area contributed by atoms with E-state index >= 15 is 0 Å². The van der Waals surface area contributed by atoms with Crippen molar-refractivity contribution in [1.82, 2.24) is 10.2 Å². The first-order valence-corrected chi connectivity index (χ1v) is 6.63. The maximum atomic E-state index is 10.3. The molecule has 0 atom stereocenters. The first-order valence-electron chi connectivity index (χ1n) is 6.63. The molecular formula is C13H28N2O2. The highest BCUT2D eigenvalue weighted by Crippen LogP contribution is 2.03. The lowest BCUT2D eigenvalue weighted by atomic mass is 10.2. The van der Waals surface area contributed by atoms with Gasteiger partial charge < -0.3 is 10.4 Å². The average Bonchev–Trinajstić information content (AvgIpc) is 2.20. The molecule has 0 unspecified atom stereocenters. The summed E-state index contributed by atoms with van der Waals surface area (Å²) in [6, 6.07) is 1.15. The summed E-state index contributed by atoms with van der Waals surface area (Å²) >= 11 is 0. The van der Waals surface area contributed by atoms with Crippen LogP contribution in [0.25, 0.3) is 0 Å². The third kappa shape index (κ3) is 9.12. The van der Waals surface area contributed by atoms with Gasteiger partial charge in [-0.05, 0) is 47.1 Å². The van der Waals surface area contributed by atoms with Crippen LogP contribution in [0.3, 0.4) is 0 Å². The van der Waals surface area contributed by atoms with Gasteiger partial charge in [-0.25, -0.2) is 0 Å². The minimum absolute atomic E-state index is 0.284. The molecule has 0 radical (unpaired) electrons. The zero-order chi connectivity index (χ0) is 13.3. The SMILES string of the molecule is CC(C)N(CCNCCCCC(=O)O)C(C)C. The van der Waals surface area contributed by atoms with Crippen LogP contribution in [0, 0.1) is 0 Å². The highest BCUT2D eigenvalue weighted by atomic mass is 16.4. The number of rotatable bonds is 10. The molecule has 0 aliphatic carbocycles. The van der Waals surface area contributed by atoms with Crippen molar-refractivity contribution in [3.05, 3.63) is 0 Å². The van der Waals surface area contributed by atoms with Gasteiger partial charge >= 0.3 is 5.97 Å². The molecule has 2 N–H and O–H groups in total. The van der Waals surface area contributed by atoms with E-state index in [-0.39, 0.29) is 6.42 Å². The van der Waals surface area contributed by atoms with Crippen molar-refractivity contribution in [2.24, 2.45) is 0 Å².